The fourth-order valence-corrected chi connectivity index (χ4v) is 7.12. The molecule has 0 aromatic rings. The predicted octanol–water partition coefficient (Wildman–Crippen LogP) is 7.29. The summed E-state index contributed by atoms with van der Waals surface area (Å²) >= 11 is 0. The van der Waals surface area contributed by atoms with Gasteiger partial charge in [0.05, 0.1) is 7.11 Å². The third kappa shape index (κ3) is 5.88. The van der Waals surface area contributed by atoms with Crippen molar-refractivity contribution >= 4 is 14.3 Å². The highest BCUT2D eigenvalue weighted by Crippen LogP contribution is 2.57. The molecule has 5 atom stereocenters. The highest BCUT2D eigenvalue weighted by Gasteiger charge is 2.52. The number of carbonyl (C=O) groups excluding carboxylic acids is 1. The number of hydrogen-bond acceptors (Lipinski definition) is 3. The van der Waals surface area contributed by atoms with E-state index in [0.29, 0.717) is 23.4 Å². The van der Waals surface area contributed by atoms with E-state index in [4.69, 9.17) is 4.43 Å². The molecule has 0 radical (unpaired) electrons. The average molecular weight is 435 g/mol. The Morgan fingerprint density at radius 3 is 2.50 bits per heavy atom. The number of esters is 1. The molecule has 2 rings (SSSR count). The van der Waals surface area contributed by atoms with Crippen LogP contribution in [-0.4, -0.2) is 27.5 Å². The van der Waals surface area contributed by atoms with Gasteiger partial charge in [0.15, 0.2) is 8.32 Å². The van der Waals surface area contributed by atoms with Gasteiger partial charge in [0.25, 0.3) is 0 Å². The Hall–Kier alpha value is -0.873. The van der Waals surface area contributed by atoms with E-state index in [-0.39, 0.29) is 11.0 Å². The molecule has 30 heavy (non-hydrogen) atoms. The lowest BCUT2D eigenvalue weighted by atomic mass is 9.52. The Kier molecular flexibility index (Phi) is 8.60. The van der Waals surface area contributed by atoms with Gasteiger partial charge in [-0.15, -0.1) is 0 Å². The second-order valence-corrected chi connectivity index (χ2v) is 16.2. The van der Waals surface area contributed by atoms with Gasteiger partial charge in [0.2, 0.25) is 0 Å². The first-order valence-corrected chi connectivity index (χ1v) is 14.9. The summed E-state index contributed by atoms with van der Waals surface area (Å²) in [6.45, 7) is 16.9. The molecule has 4 heteroatoms. The smallest absolute Gasteiger partial charge is 0.330 e. The number of allylic oxidation sites excluding steroid dienone is 3. The van der Waals surface area contributed by atoms with Gasteiger partial charge in [-0.1, -0.05) is 65.7 Å². The lowest BCUT2D eigenvalue weighted by Crippen LogP contribution is -2.54. The van der Waals surface area contributed by atoms with E-state index < -0.39 is 8.32 Å². The van der Waals surface area contributed by atoms with Crippen LogP contribution in [-0.2, 0) is 14.0 Å². The van der Waals surface area contributed by atoms with Gasteiger partial charge in [-0.05, 0) is 73.4 Å². The van der Waals surface area contributed by atoms with Crippen LogP contribution in [0.15, 0.2) is 24.3 Å². The van der Waals surface area contributed by atoms with E-state index in [1.807, 2.05) is 6.08 Å². The van der Waals surface area contributed by atoms with E-state index in [1.54, 1.807) is 6.08 Å². The van der Waals surface area contributed by atoms with Gasteiger partial charge in [-0.3, -0.25) is 0 Å². The molecule has 0 aromatic carbocycles. The zero-order valence-electron chi connectivity index (χ0n) is 20.8. The molecule has 172 valence electrons. The topological polar surface area (TPSA) is 35.5 Å². The van der Waals surface area contributed by atoms with Crippen molar-refractivity contribution < 1.29 is 14.0 Å². The maximum atomic E-state index is 11.2. The van der Waals surface area contributed by atoms with Crippen LogP contribution in [0.5, 0.6) is 0 Å². The number of hydrogen-bond donors (Lipinski definition) is 0. The quantitative estimate of drug-likeness (QED) is 0.182. The standard InChI is InChI=1S/C26H46O3Si/c1-20(14-10-9-11-18-24(27)28-6)21-15-12-16-22-23(17-13-19-26(21,22)5)29-30(7,8)25(2,3)4/h9-11,18,20-23H,12-17,19H2,1-8H3/b10-9+,18-11+/t20-,21-,22+,23+,26+/m1/s1. The second kappa shape index (κ2) is 10.2. The Balaban J connectivity index is 2.08. The Bertz CT molecular complexity index is 631. The highest BCUT2D eigenvalue weighted by atomic mass is 28.4. The van der Waals surface area contributed by atoms with Crippen LogP contribution in [0.1, 0.15) is 79.6 Å². The monoisotopic (exact) mass is 434 g/mol. The summed E-state index contributed by atoms with van der Waals surface area (Å²) in [6, 6.07) is 0. The van der Waals surface area contributed by atoms with Crippen molar-refractivity contribution in [2.24, 2.45) is 23.2 Å². The molecule has 0 N–H and O–H groups in total. The zero-order chi connectivity index (χ0) is 22.6. The lowest BCUT2D eigenvalue weighted by Gasteiger charge is -2.56. The van der Waals surface area contributed by atoms with Crippen molar-refractivity contribution in [3.05, 3.63) is 24.3 Å². The molecule has 0 bridgehead atoms. The normalized spacial score (nSPS) is 31.7. The average Bonchev–Trinajstić information content (AvgIpc) is 2.65. The summed E-state index contributed by atoms with van der Waals surface area (Å²) < 4.78 is 11.7. The zero-order valence-corrected chi connectivity index (χ0v) is 21.8. The minimum Gasteiger partial charge on any atom is -0.466 e. The summed E-state index contributed by atoms with van der Waals surface area (Å²) in [7, 11) is -0.342. The van der Waals surface area contributed by atoms with Crippen LogP contribution in [0.2, 0.25) is 18.1 Å². The minimum atomic E-state index is -1.75. The molecule has 0 amide bonds. The fraction of sp³-hybridized carbons (Fsp3) is 0.808. The molecule has 0 aromatic heterocycles. The first kappa shape index (κ1) is 25.4. The molecule has 0 aliphatic heterocycles. The van der Waals surface area contributed by atoms with Gasteiger partial charge < -0.3 is 9.16 Å². The van der Waals surface area contributed by atoms with Gasteiger partial charge >= 0.3 is 5.97 Å². The first-order valence-electron chi connectivity index (χ1n) is 12.0. The van der Waals surface area contributed by atoms with Crippen molar-refractivity contribution in [3.8, 4) is 0 Å². The maximum absolute atomic E-state index is 11.2. The van der Waals surface area contributed by atoms with Gasteiger partial charge in [0.1, 0.15) is 0 Å². The first-order chi connectivity index (χ1) is 13.9. The molecule has 0 unspecified atom stereocenters. The Morgan fingerprint density at radius 1 is 1.17 bits per heavy atom. The molecule has 2 aliphatic rings. The Labute approximate surface area is 186 Å². The third-order valence-electron chi connectivity index (χ3n) is 8.50. The minimum absolute atomic E-state index is 0.269. The molecule has 3 nitrogen and oxygen atoms in total. The molecule has 2 aliphatic carbocycles. The van der Waals surface area contributed by atoms with Crippen LogP contribution in [0.4, 0.5) is 0 Å². The van der Waals surface area contributed by atoms with E-state index in [9.17, 15) is 4.79 Å². The summed E-state index contributed by atoms with van der Waals surface area (Å²) in [5.74, 6) is 1.79. The van der Waals surface area contributed by atoms with Crippen LogP contribution < -0.4 is 0 Å². The molecule has 2 saturated carbocycles. The highest BCUT2D eigenvalue weighted by molar-refractivity contribution is 6.74. The summed E-state index contributed by atoms with van der Waals surface area (Å²) in [5.41, 5.74) is 0.388. The van der Waals surface area contributed by atoms with E-state index >= 15 is 0 Å². The van der Waals surface area contributed by atoms with Crippen molar-refractivity contribution in [2.45, 2.75) is 104 Å². The molecular formula is C26H46O3Si. The number of methoxy groups -OCH3 is 1. The molecule has 0 heterocycles. The second-order valence-electron chi connectivity index (χ2n) is 11.5. The molecule has 0 saturated heterocycles. The predicted molar refractivity (Wildman–Crippen MR) is 129 cm³/mol. The number of fused-ring (bicyclic) bond motifs is 1. The number of carbonyl (C=O) groups is 1. The van der Waals surface area contributed by atoms with E-state index in [2.05, 4.69) is 58.5 Å². The van der Waals surface area contributed by atoms with Crippen molar-refractivity contribution in [1.29, 1.82) is 0 Å². The largest absolute Gasteiger partial charge is 0.466 e. The molecular weight excluding hydrogens is 388 g/mol. The lowest BCUT2D eigenvalue weighted by molar-refractivity contribution is -0.134. The SMILES string of the molecule is COC(=O)/C=C/C=C/C[C@@H](C)[C@H]1CCC[C@H]2[C@@H](O[Si](C)(C)C(C)(C)C)CCC[C@@]12C. The number of ether oxygens (including phenoxy) is 1. The van der Waals surface area contributed by atoms with Gasteiger partial charge in [-0.2, -0.15) is 0 Å². The van der Waals surface area contributed by atoms with Crippen molar-refractivity contribution in [1.82, 2.24) is 0 Å². The van der Waals surface area contributed by atoms with Gasteiger partial charge in [0, 0.05) is 12.2 Å². The number of rotatable bonds is 7. The van der Waals surface area contributed by atoms with Crippen LogP contribution in [0, 0.1) is 23.2 Å². The van der Waals surface area contributed by atoms with Crippen LogP contribution in [0.3, 0.4) is 0 Å². The molecule has 0 spiro atoms. The van der Waals surface area contributed by atoms with Crippen molar-refractivity contribution in [2.75, 3.05) is 7.11 Å². The van der Waals surface area contributed by atoms with Crippen LogP contribution >= 0.6 is 0 Å². The van der Waals surface area contributed by atoms with Gasteiger partial charge in [-0.25, -0.2) is 4.79 Å². The van der Waals surface area contributed by atoms with Crippen molar-refractivity contribution in [3.63, 3.8) is 0 Å². The Morgan fingerprint density at radius 2 is 1.87 bits per heavy atom. The fourth-order valence-electron chi connectivity index (χ4n) is 5.73. The maximum Gasteiger partial charge on any atom is 0.330 e. The molecule has 2 fully saturated rings. The summed E-state index contributed by atoms with van der Waals surface area (Å²) in [6.07, 6.45) is 16.8. The summed E-state index contributed by atoms with van der Waals surface area (Å²) in [4.78, 5) is 11.2. The van der Waals surface area contributed by atoms with Crippen LogP contribution in [0.25, 0.3) is 0 Å². The third-order valence-corrected chi connectivity index (χ3v) is 13.0. The summed E-state index contributed by atoms with van der Waals surface area (Å²) in [5, 5.41) is 0.269. The van der Waals surface area contributed by atoms with E-state index in [1.165, 1.54) is 51.7 Å². The van der Waals surface area contributed by atoms with E-state index in [0.717, 1.165) is 12.3 Å².